The molecule has 0 spiro atoms. The fourth-order valence-electron chi connectivity index (χ4n) is 3.07. The molecule has 0 bridgehead atoms. The van der Waals surface area contributed by atoms with Crippen LogP contribution in [0.25, 0.3) is 0 Å². The van der Waals surface area contributed by atoms with Gasteiger partial charge in [-0.3, -0.25) is 14.5 Å². The van der Waals surface area contributed by atoms with Crippen LogP contribution >= 0.6 is 0 Å². The Morgan fingerprint density at radius 2 is 1.96 bits per heavy atom. The Morgan fingerprint density at radius 1 is 1.24 bits per heavy atom. The Kier molecular flexibility index (Phi) is 7.25. The number of rotatable bonds is 7. The lowest BCUT2D eigenvalue weighted by atomic mass is 9.97. The van der Waals surface area contributed by atoms with E-state index in [1.54, 1.807) is 0 Å². The summed E-state index contributed by atoms with van der Waals surface area (Å²) in [5, 5.41) is 2.88. The Morgan fingerprint density at radius 3 is 2.60 bits per heavy atom. The van der Waals surface area contributed by atoms with E-state index in [1.807, 2.05) is 26.0 Å². The molecule has 1 aliphatic rings. The zero-order chi connectivity index (χ0) is 18.2. The van der Waals surface area contributed by atoms with Crippen molar-refractivity contribution in [2.24, 2.45) is 5.92 Å². The minimum atomic E-state index is -0.146. The van der Waals surface area contributed by atoms with Gasteiger partial charge in [-0.1, -0.05) is 17.7 Å². The molecular formula is C19H28N2O4. The summed E-state index contributed by atoms with van der Waals surface area (Å²) in [6.45, 7) is 6.82. The highest BCUT2D eigenvalue weighted by Gasteiger charge is 2.26. The van der Waals surface area contributed by atoms with E-state index >= 15 is 0 Å². The van der Waals surface area contributed by atoms with Gasteiger partial charge in [0.15, 0.2) is 0 Å². The third kappa shape index (κ3) is 6.05. The molecule has 1 heterocycles. The van der Waals surface area contributed by atoms with Gasteiger partial charge in [0.25, 0.3) is 0 Å². The molecule has 0 saturated carbocycles. The van der Waals surface area contributed by atoms with Gasteiger partial charge in [0.2, 0.25) is 5.91 Å². The monoisotopic (exact) mass is 348 g/mol. The second-order valence-corrected chi connectivity index (χ2v) is 6.54. The van der Waals surface area contributed by atoms with Crippen molar-refractivity contribution in [3.8, 4) is 5.75 Å². The first-order valence-electron chi connectivity index (χ1n) is 8.76. The number of likely N-dealkylation sites (tertiary alicyclic amines) is 1. The number of hydrogen-bond acceptors (Lipinski definition) is 5. The van der Waals surface area contributed by atoms with Gasteiger partial charge in [0, 0.05) is 0 Å². The molecule has 1 aromatic carbocycles. The predicted molar refractivity (Wildman–Crippen MR) is 95.6 cm³/mol. The van der Waals surface area contributed by atoms with Crippen molar-refractivity contribution in [1.82, 2.24) is 10.2 Å². The van der Waals surface area contributed by atoms with Crippen LogP contribution in [0.1, 0.15) is 24.0 Å². The number of aryl methyl sites for hydroxylation is 2. The lowest BCUT2D eigenvalue weighted by molar-refractivity contribution is -0.147. The van der Waals surface area contributed by atoms with Crippen molar-refractivity contribution in [2.75, 3.05) is 39.9 Å². The molecule has 1 fully saturated rings. The van der Waals surface area contributed by atoms with E-state index in [1.165, 1.54) is 12.7 Å². The number of nitrogens with one attached hydrogen (secondary N) is 1. The first-order valence-corrected chi connectivity index (χ1v) is 8.76. The number of hydrogen-bond donors (Lipinski definition) is 1. The summed E-state index contributed by atoms with van der Waals surface area (Å²) < 4.78 is 10.5. The molecule has 1 aliphatic heterocycles. The molecule has 0 unspecified atom stereocenters. The number of nitrogens with zero attached hydrogens (tertiary/aromatic N) is 1. The average Bonchev–Trinajstić information content (AvgIpc) is 2.60. The summed E-state index contributed by atoms with van der Waals surface area (Å²) in [5.41, 5.74) is 2.30. The first kappa shape index (κ1) is 19.2. The molecule has 1 saturated heterocycles. The summed E-state index contributed by atoms with van der Waals surface area (Å²) in [5.74, 6) is 0.661. The van der Waals surface area contributed by atoms with Gasteiger partial charge in [-0.15, -0.1) is 0 Å². The predicted octanol–water partition coefficient (Wildman–Crippen LogP) is 1.68. The third-order valence-corrected chi connectivity index (χ3v) is 4.50. The number of esters is 1. The van der Waals surface area contributed by atoms with Crippen molar-refractivity contribution in [1.29, 1.82) is 0 Å². The number of carbonyl (C=O) groups is 2. The van der Waals surface area contributed by atoms with Gasteiger partial charge in [-0.25, -0.2) is 0 Å². The van der Waals surface area contributed by atoms with Crippen LogP contribution in [0.5, 0.6) is 5.75 Å². The molecule has 0 radical (unpaired) electrons. The molecule has 1 aromatic rings. The summed E-state index contributed by atoms with van der Waals surface area (Å²) >= 11 is 0. The SMILES string of the molecule is COC(=O)C1CCN(CC(=O)NCCOc2ccc(C)cc2C)CC1. The van der Waals surface area contributed by atoms with Crippen molar-refractivity contribution < 1.29 is 19.1 Å². The maximum Gasteiger partial charge on any atom is 0.308 e. The van der Waals surface area contributed by atoms with E-state index in [-0.39, 0.29) is 17.8 Å². The van der Waals surface area contributed by atoms with Gasteiger partial charge in [0.05, 0.1) is 26.1 Å². The molecular weight excluding hydrogens is 320 g/mol. The molecule has 1 amide bonds. The molecule has 0 atom stereocenters. The molecule has 6 heteroatoms. The van der Waals surface area contributed by atoms with Gasteiger partial charge in [-0.2, -0.15) is 0 Å². The summed E-state index contributed by atoms with van der Waals surface area (Å²) in [7, 11) is 1.42. The molecule has 1 N–H and O–H groups in total. The maximum atomic E-state index is 12.0. The van der Waals surface area contributed by atoms with Gasteiger partial charge < -0.3 is 14.8 Å². The van der Waals surface area contributed by atoms with E-state index in [9.17, 15) is 9.59 Å². The first-order chi connectivity index (χ1) is 12.0. The molecule has 0 aliphatic carbocycles. The Balaban J connectivity index is 1.62. The zero-order valence-electron chi connectivity index (χ0n) is 15.3. The quantitative estimate of drug-likeness (QED) is 0.600. The van der Waals surface area contributed by atoms with Crippen LogP contribution in [0.2, 0.25) is 0 Å². The molecule has 25 heavy (non-hydrogen) atoms. The van der Waals surface area contributed by atoms with E-state index < -0.39 is 0 Å². The normalized spacial score (nSPS) is 15.6. The highest BCUT2D eigenvalue weighted by Crippen LogP contribution is 2.19. The van der Waals surface area contributed by atoms with Crippen molar-refractivity contribution >= 4 is 11.9 Å². The fraction of sp³-hybridized carbons (Fsp3) is 0.579. The minimum Gasteiger partial charge on any atom is -0.491 e. The van der Waals surface area contributed by atoms with E-state index in [0.29, 0.717) is 19.7 Å². The smallest absolute Gasteiger partial charge is 0.308 e. The van der Waals surface area contributed by atoms with Crippen molar-refractivity contribution in [2.45, 2.75) is 26.7 Å². The Labute approximate surface area is 149 Å². The fourth-order valence-corrected chi connectivity index (χ4v) is 3.07. The number of amides is 1. The van der Waals surface area contributed by atoms with Crippen LogP contribution < -0.4 is 10.1 Å². The molecule has 0 aromatic heterocycles. The van der Waals surface area contributed by atoms with Gasteiger partial charge in [-0.05, 0) is 51.4 Å². The van der Waals surface area contributed by atoms with Crippen LogP contribution in [0.4, 0.5) is 0 Å². The zero-order valence-corrected chi connectivity index (χ0v) is 15.3. The van der Waals surface area contributed by atoms with E-state index in [4.69, 9.17) is 9.47 Å². The van der Waals surface area contributed by atoms with Crippen LogP contribution in [0, 0.1) is 19.8 Å². The van der Waals surface area contributed by atoms with E-state index in [2.05, 4.69) is 16.3 Å². The summed E-state index contributed by atoms with van der Waals surface area (Å²) in [4.78, 5) is 25.6. The van der Waals surface area contributed by atoms with E-state index in [0.717, 1.165) is 37.2 Å². The van der Waals surface area contributed by atoms with Crippen LogP contribution in [0.3, 0.4) is 0 Å². The number of methoxy groups -OCH3 is 1. The molecule has 6 nitrogen and oxygen atoms in total. The summed E-state index contributed by atoms with van der Waals surface area (Å²) in [6, 6.07) is 6.04. The average molecular weight is 348 g/mol. The van der Waals surface area contributed by atoms with Crippen molar-refractivity contribution in [3.63, 3.8) is 0 Å². The third-order valence-electron chi connectivity index (χ3n) is 4.50. The number of piperidine rings is 1. The second kappa shape index (κ2) is 9.42. The standard InChI is InChI=1S/C19H28N2O4/c1-14-4-5-17(15(2)12-14)25-11-8-20-18(22)13-21-9-6-16(7-10-21)19(23)24-3/h4-5,12,16H,6-11,13H2,1-3H3,(H,20,22). The van der Waals surface area contributed by atoms with Crippen LogP contribution in [-0.2, 0) is 14.3 Å². The highest BCUT2D eigenvalue weighted by atomic mass is 16.5. The second-order valence-electron chi connectivity index (χ2n) is 6.54. The number of carbonyl (C=O) groups excluding carboxylic acids is 2. The van der Waals surface area contributed by atoms with Crippen LogP contribution in [-0.4, -0.2) is 56.7 Å². The lowest BCUT2D eigenvalue weighted by Gasteiger charge is -2.29. The van der Waals surface area contributed by atoms with Gasteiger partial charge >= 0.3 is 5.97 Å². The Bertz CT molecular complexity index is 595. The maximum absolute atomic E-state index is 12.0. The lowest BCUT2D eigenvalue weighted by Crippen LogP contribution is -2.43. The molecule has 138 valence electrons. The Hall–Kier alpha value is -2.08. The van der Waals surface area contributed by atoms with Gasteiger partial charge in [0.1, 0.15) is 12.4 Å². The largest absolute Gasteiger partial charge is 0.491 e. The summed E-state index contributed by atoms with van der Waals surface area (Å²) in [6.07, 6.45) is 1.49. The molecule has 2 rings (SSSR count). The highest BCUT2D eigenvalue weighted by molar-refractivity contribution is 5.78. The van der Waals surface area contributed by atoms with Crippen molar-refractivity contribution in [3.05, 3.63) is 29.3 Å². The minimum absolute atomic E-state index is 0.0132. The van der Waals surface area contributed by atoms with Crippen LogP contribution in [0.15, 0.2) is 18.2 Å². The number of benzene rings is 1. The number of ether oxygens (including phenoxy) is 2. The topological polar surface area (TPSA) is 67.9 Å².